The Morgan fingerprint density at radius 3 is 2.63 bits per heavy atom. The fraction of sp³-hybridized carbons (Fsp3) is 0.0714. The summed E-state index contributed by atoms with van der Waals surface area (Å²) in [6, 6.07) is 12.8. The Morgan fingerprint density at radius 2 is 2.00 bits per heavy atom. The average molecular weight is 256 g/mol. The molecular weight excluding hydrogens is 244 g/mol. The molecule has 0 aliphatic rings. The number of rotatable bonds is 5. The van der Waals surface area contributed by atoms with Crippen molar-refractivity contribution in [3.63, 3.8) is 0 Å². The van der Waals surface area contributed by atoms with Crippen LogP contribution in [-0.2, 0) is 6.61 Å². The first-order valence-corrected chi connectivity index (χ1v) is 5.68. The smallest absolute Gasteiger partial charge is 0.235 e. The Morgan fingerprint density at radius 1 is 1.21 bits per heavy atom. The van der Waals surface area contributed by atoms with Crippen LogP contribution in [0.5, 0.6) is 5.88 Å². The lowest BCUT2D eigenvalue weighted by atomic mass is 10.1. The van der Waals surface area contributed by atoms with Crippen molar-refractivity contribution >= 4 is 6.08 Å². The van der Waals surface area contributed by atoms with Gasteiger partial charge in [-0.3, -0.25) is 10.1 Å². The SMILES string of the molecule is O=[N+]([O-])C=Cc1ccc(COc2ccccn2)cc1. The van der Waals surface area contributed by atoms with Gasteiger partial charge in [0.05, 0.1) is 4.92 Å². The second kappa shape index (κ2) is 6.30. The minimum Gasteiger partial charge on any atom is -0.473 e. The number of benzene rings is 1. The molecular formula is C14H12N2O3. The molecule has 0 aliphatic heterocycles. The zero-order chi connectivity index (χ0) is 13.5. The number of hydrogen-bond donors (Lipinski definition) is 0. The van der Waals surface area contributed by atoms with E-state index in [-0.39, 0.29) is 0 Å². The molecule has 2 rings (SSSR count). The summed E-state index contributed by atoms with van der Waals surface area (Å²) in [7, 11) is 0. The minimum atomic E-state index is -0.488. The molecule has 0 N–H and O–H groups in total. The van der Waals surface area contributed by atoms with Gasteiger partial charge in [-0.1, -0.05) is 30.3 Å². The van der Waals surface area contributed by atoms with Crippen LogP contribution in [0.15, 0.2) is 54.9 Å². The van der Waals surface area contributed by atoms with Crippen molar-refractivity contribution < 1.29 is 9.66 Å². The molecule has 1 aromatic heterocycles. The molecule has 5 nitrogen and oxygen atoms in total. The molecule has 1 heterocycles. The Hall–Kier alpha value is -2.69. The van der Waals surface area contributed by atoms with Crippen molar-refractivity contribution in [2.24, 2.45) is 0 Å². The van der Waals surface area contributed by atoms with Gasteiger partial charge in [-0.25, -0.2) is 4.98 Å². The second-order valence-corrected chi connectivity index (χ2v) is 3.80. The maximum absolute atomic E-state index is 10.2. The zero-order valence-electron chi connectivity index (χ0n) is 10.1. The van der Waals surface area contributed by atoms with E-state index in [1.54, 1.807) is 24.4 Å². The van der Waals surface area contributed by atoms with Gasteiger partial charge in [-0.15, -0.1) is 0 Å². The predicted molar refractivity (Wildman–Crippen MR) is 71.0 cm³/mol. The van der Waals surface area contributed by atoms with Gasteiger partial charge in [0.15, 0.2) is 0 Å². The molecule has 5 heteroatoms. The van der Waals surface area contributed by atoms with E-state index in [0.29, 0.717) is 12.5 Å². The van der Waals surface area contributed by atoms with E-state index in [1.165, 1.54) is 6.08 Å². The summed E-state index contributed by atoms with van der Waals surface area (Å²) in [4.78, 5) is 13.8. The van der Waals surface area contributed by atoms with Crippen molar-refractivity contribution in [3.8, 4) is 5.88 Å². The van der Waals surface area contributed by atoms with Crippen molar-refractivity contribution in [1.82, 2.24) is 4.98 Å². The maximum atomic E-state index is 10.2. The number of ether oxygens (including phenoxy) is 1. The highest BCUT2D eigenvalue weighted by Gasteiger charge is 1.97. The molecule has 0 radical (unpaired) electrons. The molecule has 0 fully saturated rings. The lowest BCUT2D eigenvalue weighted by Gasteiger charge is -2.04. The second-order valence-electron chi connectivity index (χ2n) is 3.80. The number of aromatic nitrogens is 1. The minimum absolute atomic E-state index is 0.413. The Balaban J connectivity index is 1.94. The highest BCUT2D eigenvalue weighted by Crippen LogP contribution is 2.10. The molecule has 0 spiro atoms. The molecule has 0 aliphatic carbocycles. The molecule has 0 bridgehead atoms. The van der Waals surface area contributed by atoms with E-state index in [9.17, 15) is 10.1 Å². The third-order valence-corrected chi connectivity index (χ3v) is 2.39. The lowest BCUT2D eigenvalue weighted by molar-refractivity contribution is -0.400. The molecule has 0 unspecified atom stereocenters. The van der Waals surface area contributed by atoms with E-state index in [1.807, 2.05) is 24.3 Å². The Labute approximate surface area is 110 Å². The van der Waals surface area contributed by atoms with Crippen LogP contribution in [0.4, 0.5) is 0 Å². The summed E-state index contributed by atoms with van der Waals surface area (Å²) >= 11 is 0. The largest absolute Gasteiger partial charge is 0.473 e. The summed E-state index contributed by atoms with van der Waals surface area (Å²) < 4.78 is 5.49. The summed E-state index contributed by atoms with van der Waals surface area (Å²) in [5.41, 5.74) is 1.75. The van der Waals surface area contributed by atoms with Gasteiger partial charge < -0.3 is 4.74 Å². The standard InChI is InChI=1S/C14H12N2O3/c17-16(18)10-8-12-4-6-13(7-5-12)11-19-14-3-1-2-9-15-14/h1-10H,11H2. The highest BCUT2D eigenvalue weighted by molar-refractivity contribution is 5.48. The topological polar surface area (TPSA) is 65.3 Å². The molecule has 0 saturated carbocycles. The van der Waals surface area contributed by atoms with Gasteiger partial charge in [-0.2, -0.15) is 0 Å². The summed E-state index contributed by atoms with van der Waals surface area (Å²) in [5, 5.41) is 10.2. The van der Waals surface area contributed by atoms with Gasteiger partial charge in [0, 0.05) is 18.3 Å². The van der Waals surface area contributed by atoms with Crippen LogP contribution in [0.2, 0.25) is 0 Å². The van der Waals surface area contributed by atoms with Gasteiger partial charge in [0.25, 0.3) is 0 Å². The van der Waals surface area contributed by atoms with E-state index < -0.39 is 4.92 Å². The predicted octanol–water partition coefficient (Wildman–Crippen LogP) is 2.91. The van der Waals surface area contributed by atoms with Gasteiger partial charge in [-0.05, 0) is 17.2 Å². The highest BCUT2D eigenvalue weighted by atomic mass is 16.6. The molecule has 2 aromatic rings. The third kappa shape index (κ3) is 4.23. The number of hydrogen-bond acceptors (Lipinski definition) is 4. The molecule has 19 heavy (non-hydrogen) atoms. The van der Waals surface area contributed by atoms with Gasteiger partial charge >= 0.3 is 0 Å². The van der Waals surface area contributed by atoms with E-state index in [4.69, 9.17) is 4.74 Å². The lowest BCUT2D eigenvalue weighted by Crippen LogP contribution is -1.96. The Bertz CT molecular complexity index is 565. The monoisotopic (exact) mass is 256 g/mol. The summed E-state index contributed by atoms with van der Waals surface area (Å²) in [6.07, 6.45) is 4.03. The van der Waals surface area contributed by atoms with Crippen molar-refractivity contribution in [3.05, 3.63) is 76.1 Å². The first-order valence-electron chi connectivity index (χ1n) is 5.68. The first-order chi connectivity index (χ1) is 9.24. The third-order valence-electron chi connectivity index (χ3n) is 2.39. The van der Waals surface area contributed by atoms with Crippen LogP contribution in [0.3, 0.4) is 0 Å². The summed E-state index contributed by atoms with van der Waals surface area (Å²) in [5.74, 6) is 0.569. The van der Waals surface area contributed by atoms with Crippen LogP contribution in [0, 0.1) is 10.1 Å². The van der Waals surface area contributed by atoms with Crippen LogP contribution in [-0.4, -0.2) is 9.91 Å². The van der Waals surface area contributed by atoms with Gasteiger partial charge in [0.1, 0.15) is 6.61 Å². The summed E-state index contributed by atoms with van der Waals surface area (Å²) in [6.45, 7) is 0.413. The van der Waals surface area contributed by atoms with Crippen LogP contribution < -0.4 is 4.74 Å². The first kappa shape index (κ1) is 12.8. The number of pyridine rings is 1. The number of nitro groups is 1. The molecule has 1 aromatic carbocycles. The van der Waals surface area contributed by atoms with Gasteiger partial charge in [0.2, 0.25) is 12.1 Å². The van der Waals surface area contributed by atoms with E-state index in [2.05, 4.69) is 4.98 Å². The molecule has 0 atom stereocenters. The molecule has 0 saturated heterocycles. The maximum Gasteiger partial charge on any atom is 0.235 e. The van der Waals surface area contributed by atoms with Crippen molar-refractivity contribution in [2.75, 3.05) is 0 Å². The van der Waals surface area contributed by atoms with E-state index >= 15 is 0 Å². The normalized spacial score (nSPS) is 10.5. The fourth-order valence-electron chi connectivity index (χ4n) is 1.46. The van der Waals surface area contributed by atoms with Crippen LogP contribution >= 0.6 is 0 Å². The van der Waals surface area contributed by atoms with Crippen molar-refractivity contribution in [1.29, 1.82) is 0 Å². The number of nitrogens with zero attached hydrogens (tertiary/aromatic N) is 2. The van der Waals surface area contributed by atoms with Crippen LogP contribution in [0.1, 0.15) is 11.1 Å². The Kier molecular flexibility index (Phi) is 4.23. The average Bonchev–Trinajstić information content (AvgIpc) is 2.45. The van der Waals surface area contributed by atoms with Crippen LogP contribution in [0.25, 0.3) is 6.08 Å². The van der Waals surface area contributed by atoms with E-state index in [0.717, 1.165) is 17.3 Å². The molecule has 96 valence electrons. The zero-order valence-corrected chi connectivity index (χ0v) is 10.1. The molecule has 0 amide bonds. The van der Waals surface area contributed by atoms with Crippen molar-refractivity contribution in [2.45, 2.75) is 6.61 Å². The quantitative estimate of drug-likeness (QED) is 0.609. The fourth-order valence-corrected chi connectivity index (χ4v) is 1.46.